The Hall–Kier alpha value is -1.65. The number of nitrogens with zero attached hydrogens (tertiary/aromatic N) is 4. The van der Waals surface area contributed by atoms with E-state index in [1.54, 1.807) is 0 Å². The molecule has 174 valence electrons. The lowest BCUT2D eigenvalue weighted by Crippen LogP contribution is -2.40. The molecule has 0 bridgehead atoms. The Labute approximate surface area is 212 Å². The summed E-state index contributed by atoms with van der Waals surface area (Å²) < 4.78 is 2.23. The topological polar surface area (TPSA) is 57.5 Å². The second kappa shape index (κ2) is 12.6. The van der Waals surface area contributed by atoms with Crippen molar-refractivity contribution >= 4 is 52.3 Å². The summed E-state index contributed by atoms with van der Waals surface area (Å²) in [5.41, 5.74) is 2.26. The van der Waals surface area contributed by atoms with Gasteiger partial charge in [0.05, 0.1) is 17.4 Å². The maximum atomic E-state index is 4.97. The van der Waals surface area contributed by atoms with Gasteiger partial charge in [-0.3, -0.25) is 9.89 Å². The Morgan fingerprint density at radius 1 is 1.22 bits per heavy atom. The van der Waals surface area contributed by atoms with Gasteiger partial charge in [0.2, 0.25) is 0 Å². The zero-order valence-electron chi connectivity index (χ0n) is 19.0. The summed E-state index contributed by atoms with van der Waals surface area (Å²) in [6, 6.07) is 13.2. The number of hydrogen-bond donors (Lipinski definition) is 2. The first-order valence-corrected chi connectivity index (χ1v) is 12.3. The van der Waals surface area contributed by atoms with Crippen LogP contribution < -0.4 is 10.6 Å². The van der Waals surface area contributed by atoms with Crippen LogP contribution in [0.3, 0.4) is 0 Å². The van der Waals surface area contributed by atoms with Crippen molar-refractivity contribution in [1.82, 2.24) is 25.1 Å². The number of likely N-dealkylation sites (tertiary alicyclic amines) is 1. The molecule has 1 saturated heterocycles. The minimum absolute atomic E-state index is 0. The number of nitrogens with one attached hydrogen (secondary N) is 2. The molecular weight excluding hydrogens is 531 g/mol. The highest BCUT2D eigenvalue weighted by atomic mass is 127. The van der Waals surface area contributed by atoms with Crippen molar-refractivity contribution in [2.75, 3.05) is 33.2 Å². The van der Waals surface area contributed by atoms with Crippen LogP contribution in [-0.2, 0) is 6.54 Å². The molecule has 0 saturated carbocycles. The predicted molar refractivity (Wildman–Crippen MR) is 146 cm³/mol. The molecule has 3 aromatic rings. The third-order valence-electron chi connectivity index (χ3n) is 6.07. The van der Waals surface area contributed by atoms with Gasteiger partial charge >= 0.3 is 0 Å². The van der Waals surface area contributed by atoms with Gasteiger partial charge in [-0.25, -0.2) is 4.98 Å². The third kappa shape index (κ3) is 6.23. The van der Waals surface area contributed by atoms with Crippen LogP contribution in [0.4, 0.5) is 0 Å². The van der Waals surface area contributed by atoms with Crippen molar-refractivity contribution in [3.63, 3.8) is 0 Å². The normalized spacial score (nSPS) is 19.6. The lowest BCUT2D eigenvalue weighted by Gasteiger charge is -2.38. The van der Waals surface area contributed by atoms with Crippen LogP contribution in [0, 0.1) is 5.92 Å². The second-order valence-corrected chi connectivity index (χ2v) is 9.25. The zero-order chi connectivity index (χ0) is 21.5. The van der Waals surface area contributed by atoms with E-state index in [0.717, 1.165) is 44.1 Å². The molecule has 32 heavy (non-hydrogen) atoms. The number of para-hydroxylation sites is 2. The van der Waals surface area contributed by atoms with E-state index in [1.807, 2.05) is 23.7 Å². The van der Waals surface area contributed by atoms with Crippen molar-refractivity contribution in [2.24, 2.45) is 10.9 Å². The van der Waals surface area contributed by atoms with Gasteiger partial charge in [-0.15, -0.1) is 35.3 Å². The fraction of sp³-hybridized carbons (Fsp3) is 0.500. The second-order valence-electron chi connectivity index (χ2n) is 8.27. The number of benzene rings is 1. The molecular formula is C24H35IN6S. The predicted octanol–water partition coefficient (Wildman–Crippen LogP) is 4.74. The van der Waals surface area contributed by atoms with Crippen molar-refractivity contribution in [3.05, 3.63) is 53.0 Å². The molecule has 2 aromatic heterocycles. The number of guanidine groups is 1. The molecule has 3 heterocycles. The van der Waals surface area contributed by atoms with Gasteiger partial charge in [-0.2, -0.15) is 0 Å². The number of hydrogen-bond acceptors (Lipinski definition) is 4. The maximum absolute atomic E-state index is 4.97. The van der Waals surface area contributed by atoms with Crippen molar-refractivity contribution in [1.29, 1.82) is 0 Å². The van der Waals surface area contributed by atoms with E-state index in [2.05, 4.69) is 74.8 Å². The highest BCUT2D eigenvalue weighted by molar-refractivity contribution is 14.0. The van der Waals surface area contributed by atoms with Crippen LogP contribution in [0.2, 0.25) is 0 Å². The number of aromatic nitrogens is 2. The molecule has 8 heteroatoms. The van der Waals surface area contributed by atoms with Crippen LogP contribution in [0.25, 0.3) is 11.0 Å². The number of aliphatic imine (C=N–C) groups is 1. The molecule has 0 spiro atoms. The highest BCUT2D eigenvalue weighted by Gasteiger charge is 2.31. The average Bonchev–Trinajstić information content (AvgIpc) is 3.45. The van der Waals surface area contributed by atoms with Gasteiger partial charge in [0, 0.05) is 37.1 Å². The Morgan fingerprint density at radius 3 is 2.91 bits per heavy atom. The van der Waals surface area contributed by atoms with E-state index in [9.17, 15) is 0 Å². The number of aryl methyl sites for hydroxylation is 1. The minimum atomic E-state index is 0. The molecule has 1 aliphatic rings. The Kier molecular flexibility index (Phi) is 9.80. The van der Waals surface area contributed by atoms with Crippen molar-refractivity contribution in [3.8, 4) is 0 Å². The summed E-state index contributed by atoms with van der Waals surface area (Å²) in [5, 5.41) is 9.13. The summed E-state index contributed by atoms with van der Waals surface area (Å²) in [5.74, 6) is 1.49. The highest BCUT2D eigenvalue weighted by Crippen LogP contribution is 2.37. The summed E-state index contributed by atoms with van der Waals surface area (Å²) in [7, 11) is 2.25. The van der Waals surface area contributed by atoms with E-state index in [-0.39, 0.29) is 24.0 Å². The summed E-state index contributed by atoms with van der Waals surface area (Å²) in [6.45, 7) is 6.85. The fourth-order valence-electron chi connectivity index (χ4n) is 4.55. The molecule has 1 aliphatic heterocycles. The first-order valence-electron chi connectivity index (χ1n) is 11.4. The van der Waals surface area contributed by atoms with Crippen LogP contribution in [0.5, 0.6) is 0 Å². The smallest absolute Gasteiger partial charge is 0.191 e. The summed E-state index contributed by atoms with van der Waals surface area (Å²) in [6.07, 6.45) is 5.45. The van der Waals surface area contributed by atoms with Crippen molar-refractivity contribution in [2.45, 2.75) is 38.8 Å². The van der Waals surface area contributed by atoms with Gasteiger partial charge in [0.15, 0.2) is 5.96 Å². The van der Waals surface area contributed by atoms with Crippen LogP contribution in [0.15, 0.2) is 53.1 Å². The van der Waals surface area contributed by atoms with Crippen LogP contribution >= 0.6 is 35.3 Å². The first kappa shape index (κ1) is 25.0. The zero-order valence-corrected chi connectivity index (χ0v) is 22.2. The number of piperidine rings is 1. The average molecular weight is 567 g/mol. The SMILES string of the molecule is CCNC(=NCC1CCCN(C)C1c1cccs1)NCCCn1cnc2ccccc21.I. The number of halogens is 1. The number of fused-ring (bicyclic) bond motifs is 1. The number of thiophene rings is 1. The molecule has 2 N–H and O–H groups in total. The van der Waals surface area contributed by atoms with Gasteiger partial charge in [-0.05, 0) is 69.3 Å². The molecule has 0 aliphatic carbocycles. The lowest BCUT2D eigenvalue weighted by atomic mass is 9.88. The van der Waals surface area contributed by atoms with Gasteiger partial charge < -0.3 is 15.2 Å². The van der Waals surface area contributed by atoms with E-state index in [4.69, 9.17) is 4.99 Å². The van der Waals surface area contributed by atoms with Gasteiger partial charge in [0.1, 0.15) is 0 Å². The molecule has 0 radical (unpaired) electrons. The van der Waals surface area contributed by atoms with E-state index in [0.29, 0.717) is 12.0 Å². The summed E-state index contributed by atoms with van der Waals surface area (Å²) in [4.78, 5) is 13.4. The fourth-order valence-corrected chi connectivity index (χ4v) is 5.54. The Morgan fingerprint density at radius 2 is 2.09 bits per heavy atom. The van der Waals surface area contributed by atoms with Crippen LogP contribution in [0.1, 0.15) is 37.1 Å². The maximum Gasteiger partial charge on any atom is 0.191 e. The quantitative estimate of drug-likeness (QED) is 0.179. The number of rotatable bonds is 8. The Balaban J connectivity index is 0.00000289. The van der Waals surface area contributed by atoms with Gasteiger partial charge in [-0.1, -0.05) is 18.2 Å². The monoisotopic (exact) mass is 566 g/mol. The number of imidazole rings is 1. The van der Waals surface area contributed by atoms with E-state index in [1.165, 1.54) is 29.8 Å². The van der Waals surface area contributed by atoms with E-state index < -0.39 is 0 Å². The molecule has 0 amide bonds. The minimum Gasteiger partial charge on any atom is -0.357 e. The van der Waals surface area contributed by atoms with Crippen molar-refractivity contribution < 1.29 is 0 Å². The Bertz CT molecular complexity index is 970. The van der Waals surface area contributed by atoms with E-state index >= 15 is 0 Å². The first-order chi connectivity index (χ1) is 15.3. The molecule has 4 rings (SSSR count). The molecule has 2 unspecified atom stereocenters. The standard InChI is InChI=1S/C24H34N6S.HI/c1-3-25-24(26-13-8-15-30-18-28-20-10-4-5-11-21(20)30)27-17-19-9-6-14-29(2)23(19)22-12-7-16-31-22;/h4-5,7,10-12,16,18-19,23H,3,6,8-9,13-15,17H2,1-2H3,(H2,25,26,27);1H. The summed E-state index contributed by atoms with van der Waals surface area (Å²) >= 11 is 1.87. The lowest BCUT2D eigenvalue weighted by molar-refractivity contribution is 0.128. The molecule has 6 nitrogen and oxygen atoms in total. The molecule has 1 aromatic carbocycles. The van der Waals surface area contributed by atoms with Crippen LogP contribution in [-0.4, -0.2) is 53.6 Å². The molecule has 1 fully saturated rings. The third-order valence-corrected chi connectivity index (χ3v) is 7.01. The largest absolute Gasteiger partial charge is 0.357 e. The van der Waals surface area contributed by atoms with Gasteiger partial charge in [0.25, 0.3) is 0 Å². The molecule has 2 atom stereocenters.